The van der Waals surface area contributed by atoms with E-state index in [-0.39, 0.29) is 5.56 Å². The van der Waals surface area contributed by atoms with Gasteiger partial charge in [-0.05, 0) is 25.3 Å². The highest BCUT2D eigenvalue weighted by Gasteiger charge is 2.14. The van der Waals surface area contributed by atoms with Crippen LogP contribution in [0.1, 0.15) is 6.92 Å². The molecular formula is C13H18N4OS. The van der Waals surface area contributed by atoms with Crippen molar-refractivity contribution in [2.45, 2.75) is 13.0 Å². The Balaban J connectivity index is 2.50. The van der Waals surface area contributed by atoms with Crippen molar-refractivity contribution in [3.63, 3.8) is 0 Å². The average Bonchev–Trinajstić information content (AvgIpc) is 2.39. The summed E-state index contributed by atoms with van der Waals surface area (Å²) < 4.78 is 0. The number of thioether (sulfide) groups is 1. The first kappa shape index (κ1) is 13.7. The Morgan fingerprint density at radius 3 is 2.95 bits per heavy atom. The second-order valence-electron chi connectivity index (χ2n) is 4.58. The van der Waals surface area contributed by atoms with Crippen LogP contribution in [0.4, 0.5) is 11.4 Å². The van der Waals surface area contributed by atoms with Crippen LogP contribution in [0.15, 0.2) is 23.3 Å². The summed E-state index contributed by atoms with van der Waals surface area (Å²) in [5, 5.41) is 0.523. The number of aromatic nitrogens is 2. The zero-order valence-electron chi connectivity index (χ0n) is 11.3. The monoisotopic (exact) mass is 278 g/mol. The molecular weight excluding hydrogens is 260 g/mol. The van der Waals surface area contributed by atoms with E-state index in [1.165, 1.54) is 6.33 Å². The van der Waals surface area contributed by atoms with Crippen molar-refractivity contribution in [1.82, 2.24) is 9.97 Å². The van der Waals surface area contributed by atoms with E-state index in [0.717, 1.165) is 11.4 Å². The Kier molecular flexibility index (Phi) is 3.99. The number of hydrogen-bond acceptors (Lipinski definition) is 5. The molecule has 5 nitrogen and oxygen atoms in total. The molecule has 3 N–H and O–H groups in total. The highest BCUT2D eigenvalue weighted by atomic mass is 32.2. The molecule has 1 atom stereocenters. The van der Waals surface area contributed by atoms with E-state index in [2.05, 4.69) is 28.0 Å². The van der Waals surface area contributed by atoms with Crippen LogP contribution in [-0.2, 0) is 0 Å². The van der Waals surface area contributed by atoms with Crippen molar-refractivity contribution in [2.75, 3.05) is 29.7 Å². The first-order valence-corrected chi connectivity index (χ1v) is 7.42. The zero-order chi connectivity index (χ0) is 14.0. The molecule has 1 heterocycles. The molecule has 0 bridgehead atoms. The number of nitrogens with zero attached hydrogens (tertiary/aromatic N) is 2. The smallest absolute Gasteiger partial charge is 0.258 e. The topological polar surface area (TPSA) is 75.0 Å². The van der Waals surface area contributed by atoms with Crippen LogP contribution in [0.5, 0.6) is 0 Å². The third kappa shape index (κ3) is 2.68. The third-order valence-electron chi connectivity index (χ3n) is 3.24. The van der Waals surface area contributed by atoms with Gasteiger partial charge < -0.3 is 15.6 Å². The molecule has 2 aromatic rings. The molecule has 1 aromatic heterocycles. The lowest BCUT2D eigenvalue weighted by molar-refractivity contribution is 0.767. The molecule has 0 saturated heterocycles. The molecule has 0 saturated carbocycles. The lowest BCUT2D eigenvalue weighted by atomic mass is 10.1. The van der Waals surface area contributed by atoms with Crippen LogP contribution >= 0.6 is 11.8 Å². The minimum absolute atomic E-state index is 0.164. The van der Waals surface area contributed by atoms with Gasteiger partial charge in [0.25, 0.3) is 5.56 Å². The van der Waals surface area contributed by atoms with Gasteiger partial charge in [0, 0.05) is 18.8 Å². The van der Waals surface area contributed by atoms with Gasteiger partial charge in [-0.2, -0.15) is 11.8 Å². The fraction of sp³-hybridized carbons (Fsp3) is 0.385. The predicted octanol–water partition coefficient (Wildman–Crippen LogP) is 1.69. The van der Waals surface area contributed by atoms with Crippen LogP contribution < -0.4 is 16.2 Å². The molecule has 0 spiro atoms. The highest BCUT2D eigenvalue weighted by molar-refractivity contribution is 7.98. The van der Waals surface area contributed by atoms with Crippen LogP contribution in [-0.4, -0.2) is 35.1 Å². The van der Waals surface area contributed by atoms with Gasteiger partial charge in [-0.3, -0.25) is 4.79 Å². The van der Waals surface area contributed by atoms with E-state index in [1.807, 2.05) is 13.1 Å². The fourth-order valence-electron chi connectivity index (χ4n) is 2.02. The second-order valence-corrected chi connectivity index (χ2v) is 5.49. The number of anilines is 2. The minimum atomic E-state index is -0.164. The number of nitrogens with two attached hydrogens (primary N) is 1. The van der Waals surface area contributed by atoms with E-state index in [9.17, 15) is 4.79 Å². The van der Waals surface area contributed by atoms with Crippen LogP contribution in [0, 0.1) is 0 Å². The molecule has 102 valence electrons. The van der Waals surface area contributed by atoms with Crippen molar-refractivity contribution in [3.8, 4) is 0 Å². The minimum Gasteiger partial charge on any atom is -0.397 e. The largest absolute Gasteiger partial charge is 0.397 e. The van der Waals surface area contributed by atoms with Gasteiger partial charge in [0.15, 0.2) is 0 Å². The molecule has 0 aliphatic carbocycles. The molecule has 2 rings (SSSR count). The van der Waals surface area contributed by atoms with E-state index in [4.69, 9.17) is 5.73 Å². The van der Waals surface area contributed by atoms with Gasteiger partial charge in [0.05, 0.1) is 28.6 Å². The number of nitrogens with one attached hydrogen (secondary N) is 1. The average molecular weight is 278 g/mol. The van der Waals surface area contributed by atoms with Gasteiger partial charge in [-0.1, -0.05) is 0 Å². The Bertz CT molecular complexity index is 640. The van der Waals surface area contributed by atoms with Crippen LogP contribution in [0.3, 0.4) is 0 Å². The maximum atomic E-state index is 11.7. The van der Waals surface area contributed by atoms with Gasteiger partial charge in [0.2, 0.25) is 0 Å². The van der Waals surface area contributed by atoms with E-state index in [1.54, 1.807) is 17.8 Å². The van der Waals surface area contributed by atoms with Gasteiger partial charge in [-0.25, -0.2) is 4.98 Å². The molecule has 0 fully saturated rings. The van der Waals surface area contributed by atoms with Gasteiger partial charge in [-0.15, -0.1) is 0 Å². The summed E-state index contributed by atoms with van der Waals surface area (Å²) in [5.74, 6) is 1.01. The SMILES string of the molecule is CSCC(C)N(C)c1cc2nc[nH]c(=O)c2cc1N. The lowest BCUT2D eigenvalue weighted by Crippen LogP contribution is -2.31. The third-order valence-corrected chi connectivity index (χ3v) is 4.05. The first-order valence-electron chi connectivity index (χ1n) is 6.03. The normalized spacial score (nSPS) is 12.6. The Hall–Kier alpha value is -1.69. The van der Waals surface area contributed by atoms with Crippen molar-refractivity contribution in [1.29, 1.82) is 0 Å². The molecule has 0 amide bonds. The van der Waals surface area contributed by atoms with Crippen LogP contribution in [0.25, 0.3) is 10.9 Å². The summed E-state index contributed by atoms with van der Waals surface area (Å²) >= 11 is 1.79. The van der Waals surface area contributed by atoms with Crippen molar-refractivity contribution < 1.29 is 0 Å². The van der Waals surface area contributed by atoms with Crippen LogP contribution in [0.2, 0.25) is 0 Å². The fourth-order valence-corrected chi connectivity index (χ4v) is 2.72. The molecule has 1 unspecified atom stereocenters. The number of nitrogen functional groups attached to an aromatic ring is 1. The Morgan fingerprint density at radius 1 is 1.53 bits per heavy atom. The van der Waals surface area contributed by atoms with E-state index >= 15 is 0 Å². The van der Waals surface area contributed by atoms with Gasteiger partial charge >= 0.3 is 0 Å². The Morgan fingerprint density at radius 2 is 2.26 bits per heavy atom. The highest BCUT2D eigenvalue weighted by Crippen LogP contribution is 2.27. The maximum Gasteiger partial charge on any atom is 0.258 e. The van der Waals surface area contributed by atoms with Gasteiger partial charge in [0.1, 0.15) is 0 Å². The molecule has 0 aliphatic rings. The summed E-state index contributed by atoms with van der Waals surface area (Å²) in [7, 11) is 2.01. The quantitative estimate of drug-likeness (QED) is 0.833. The van der Waals surface area contributed by atoms with Crippen molar-refractivity contribution in [2.24, 2.45) is 0 Å². The number of aromatic amines is 1. The molecule has 0 aliphatic heterocycles. The second kappa shape index (κ2) is 5.52. The summed E-state index contributed by atoms with van der Waals surface area (Å²) in [4.78, 5) is 20.5. The number of fused-ring (bicyclic) bond motifs is 1. The number of hydrogen-bond donors (Lipinski definition) is 2. The lowest BCUT2D eigenvalue weighted by Gasteiger charge is -2.27. The van der Waals surface area contributed by atoms with Crippen molar-refractivity contribution in [3.05, 3.63) is 28.8 Å². The Labute approximate surface area is 116 Å². The number of benzene rings is 1. The zero-order valence-corrected chi connectivity index (χ0v) is 12.1. The number of rotatable bonds is 4. The molecule has 1 aromatic carbocycles. The molecule has 19 heavy (non-hydrogen) atoms. The standard InChI is InChI=1S/C13H18N4OS/c1-8(6-19-3)17(2)12-5-11-9(4-10(12)14)13(18)16-7-15-11/h4-5,7-8H,6,14H2,1-3H3,(H,15,16,18). The van der Waals surface area contributed by atoms with Crippen molar-refractivity contribution >= 4 is 34.0 Å². The van der Waals surface area contributed by atoms with E-state index in [0.29, 0.717) is 22.6 Å². The summed E-state index contributed by atoms with van der Waals surface area (Å²) in [6, 6.07) is 3.92. The number of H-pyrrole nitrogens is 1. The first-order chi connectivity index (χ1) is 9.04. The summed E-state index contributed by atoms with van der Waals surface area (Å²) in [6.45, 7) is 2.14. The summed E-state index contributed by atoms with van der Waals surface area (Å²) in [5.41, 5.74) is 8.07. The molecule has 0 radical (unpaired) electrons. The molecule has 6 heteroatoms. The summed E-state index contributed by atoms with van der Waals surface area (Å²) in [6.07, 6.45) is 3.49. The van der Waals surface area contributed by atoms with E-state index < -0.39 is 0 Å². The predicted molar refractivity (Wildman–Crippen MR) is 83.0 cm³/mol. The maximum absolute atomic E-state index is 11.7.